The standard InChI is InChI=1S/C15H19ClN4/c16-13-12(9-17)3-7-19-14(13)20-8-2-5-15(11-20)4-1-6-18-10-15/h3,7,18H,1-2,4-6,8,10-11H2. The molecule has 0 bridgehead atoms. The van der Waals surface area contributed by atoms with Crippen molar-refractivity contribution in [3.8, 4) is 6.07 Å². The molecule has 3 heterocycles. The third-order valence-electron chi connectivity index (χ3n) is 4.51. The number of pyridine rings is 1. The van der Waals surface area contributed by atoms with E-state index in [4.69, 9.17) is 16.9 Å². The van der Waals surface area contributed by atoms with Crippen molar-refractivity contribution in [2.24, 2.45) is 5.41 Å². The lowest BCUT2D eigenvalue weighted by molar-refractivity contribution is 0.173. The minimum Gasteiger partial charge on any atom is -0.355 e. The molecule has 2 aliphatic rings. The molecule has 4 nitrogen and oxygen atoms in total. The molecule has 1 N–H and O–H groups in total. The van der Waals surface area contributed by atoms with Crippen molar-refractivity contribution in [1.82, 2.24) is 10.3 Å². The zero-order valence-electron chi connectivity index (χ0n) is 11.5. The van der Waals surface area contributed by atoms with E-state index in [-0.39, 0.29) is 0 Å². The predicted molar refractivity (Wildman–Crippen MR) is 79.9 cm³/mol. The summed E-state index contributed by atoms with van der Waals surface area (Å²) in [6.45, 7) is 4.18. The lowest BCUT2D eigenvalue weighted by Gasteiger charge is -2.46. The minimum atomic E-state index is 0.351. The van der Waals surface area contributed by atoms with Crippen LogP contribution in [-0.2, 0) is 0 Å². The van der Waals surface area contributed by atoms with Crippen molar-refractivity contribution in [1.29, 1.82) is 5.26 Å². The van der Waals surface area contributed by atoms with Crippen LogP contribution in [0.15, 0.2) is 12.3 Å². The van der Waals surface area contributed by atoms with Crippen molar-refractivity contribution in [3.05, 3.63) is 22.8 Å². The van der Waals surface area contributed by atoms with Crippen molar-refractivity contribution < 1.29 is 0 Å². The molecule has 1 unspecified atom stereocenters. The summed E-state index contributed by atoms with van der Waals surface area (Å²) in [5.74, 6) is 0.773. The first-order chi connectivity index (χ1) is 9.74. The van der Waals surface area contributed by atoms with Gasteiger partial charge in [0, 0.05) is 31.2 Å². The van der Waals surface area contributed by atoms with Gasteiger partial charge >= 0.3 is 0 Å². The number of aromatic nitrogens is 1. The number of nitrogens with one attached hydrogen (secondary N) is 1. The van der Waals surface area contributed by atoms with Gasteiger partial charge in [0.15, 0.2) is 0 Å². The van der Waals surface area contributed by atoms with Gasteiger partial charge in [-0.05, 0) is 38.3 Å². The average Bonchev–Trinajstić information content (AvgIpc) is 2.48. The second-order valence-electron chi connectivity index (χ2n) is 5.91. The zero-order chi connectivity index (χ0) is 14.0. The van der Waals surface area contributed by atoms with Gasteiger partial charge in [-0.25, -0.2) is 4.98 Å². The van der Waals surface area contributed by atoms with E-state index in [0.29, 0.717) is 16.0 Å². The highest BCUT2D eigenvalue weighted by molar-refractivity contribution is 6.34. The molecule has 0 aliphatic carbocycles. The van der Waals surface area contributed by atoms with E-state index >= 15 is 0 Å². The number of piperidine rings is 2. The Morgan fingerprint density at radius 2 is 2.25 bits per heavy atom. The number of nitriles is 1. The molecule has 0 radical (unpaired) electrons. The Balaban J connectivity index is 1.85. The fourth-order valence-electron chi connectivity index (χ4n) is 3.51. The van der Waals surface area contributed by atoms with Crippen LogP contribution in [0, 0.1) is 16.7 Å². The maximum atomic E-state index is 9.09. The Morgan fingerprint density at radius 1 is 1.40 bits per heavy atom. The number of anilines is 1. The summed E-state index contributed by atoms with van der Waals surface area (Å²) < 4.78 is 0. The number of nitrogens with zero attached hydrogens (tertiary/aromatic N) is 3. The average molecular weight is 291 g/mol. The van der Waals surface area contributed by atoms with Crippen LogP contribution in [0.25, 0.3) is 0 Å². The maximum Gasteiger partial charge on any atom is 0.148 e. The van der Waals surface area contributed by atoms with Crippen LogP contribution in [-0.4, -0.2) is 31.2 Å². The number of hydrogen-bond acceptors (Lipinski definition) is 4. The molecule has 3 rings (SSSR count). The van der Waals surface area contributed by atoms with Gasteiger partial charge in [0.1, 0.15) is 16.9 Å². The van der Waals surface area contributed by atoms with Gasteiger partial charge in [0.25, 0.3) is 0 Å². The van der Waals surface area contributed by atoms with Gasteiger partial charge in [0.2, 0.25) is 0 Å². The molecule has 1 aromatic rings. The fraction of sp³-hybridized carbons (Fsp3) is 0.600. The number of rotatable bonds is 1. The van der Waals surface area contributed by atoms with Crippen LogP contribution in [0.4, 0.5) is 5.82 Å². The van der Waals surface area contributed by atoms with Gasteiger partial charge in [0.05, 0.1) is 5.56 Å². The highest BCUT2D eigenvalue weighted by atomic mass is 35.5. The monoisotopic (exact) mass is 290 g/mol. The molecular formula is C15H19ClN4. The van der Waals surface area contributed by atoms with E-state index in [1.807, 2.05) is 0 Å². The smallest absolute Gasteiger partial charge is 0.148 e. The molecule has 5 heteroatoms. The van der Waals surface area contributed by atoms with E-state index in [0.717, 1.165) is 38.4 Å². The first-order valence-electron chi connectivity index (χ1n) is 7.24. The van der Waals surface area contributed by atoms with Crippen LogP contribution >= 0.6 is 11.6 Å². The minimum absolute atomic E-state index is 0.351. The van der Waals surface area contributed by atoms with Gasteiger partial charge in [-0.15, -0.1) is 0 Å². The second kappa shape index (κ2) is 5.59. The van der Waals surface area contributed by atoms with E-state index in [1.54, 1.807) is 12.3 Å². The van der Waals surface area contributed by atoms with Gasteiger partial charge in [-0.1, -0.05) is 11.6 Å². The summed E-state index contributed by atoms with van der Waals surface area (Å²) in [6, 6.07) is 3.81. The Morgan fingerprint density at radius 3 is 3.00 bits per heavy atom. The quantitative estimate of drug-likeness (QED) is 0.864. The van der Waals surface area contributed by atoms with Crippen LogP contribution in [0.1, 0.15) is 31.2 Å². The fourth-order valence-corrected chi connectivity index (χ4v) is 3.78. The van der Waals surface area contributed by atoms with E-state index in [2.05, 4.69) is 21.3 Å². The number of halogens is 1. The van der Waals surface area contributed by atoms with Gasteiger partial charge < -0.3 is 10.2 Å². The molecule has 20 heavy (non-hydrogen) atoms. The summed E-state index contributed by atoms with van der Waals surface area (Å²) in [6.07, 6.45) is 6.63. The van der Waals surface area contributed by atoms with Crippen LogP contribution in [0.2, 0.25) is 5.02 Å². The highest BCUT2D eigenvalue weighted by Crippen LogP contribution is 2.39. The van der Waals surface area contributed by atoms with Gasteiger partial charge in [-0.3, -0.25) is 0 Å². The summed E-state index contributed by atoms with van der Waals surface area (Å²) in [4.78, 5) is 6.67. The molecule has 2 aliphatic heterocycles. The Labute approximate surface area is 124 Å². The van der Waals surface area contributed by atoms with E-state index in [1.165, 1.54) is 19.3 Å². The lowest BCUT2D eigenvalue weighted by atomic mass is 9.74. The molecule has 106 valence electrons. The lowest BCUT2D eigenvalue weighted by Crippen LogP contribution is -2.51. The Hall–Kier alpha value is -1.31. The molecule has 0 amide bonds. The topological polar surface area (TPSA) is 52.0 Å². The third-order valence-corrected chi connectivity index (χ3v) is 4.89. The molecule has 1 aromatic heterocycles. The summed E-state index contributed by atoms with van der Waals surface area (Å²) >= 11 is 6.33. The first-order valence-corrected chi connectivity index (χ1v) is 7.62. The SMILES string of the molecule is N#Cc1ccnc(N2CCCC3(CCCNC3)C2)c1Cl. The molecule has 0 aromatic carbocycles. The normalized spacial score (nSPS) is 26.5. The highest BCUT2D eigenvalue weighted by Gasteiger charge is 2.37. The van der Waals surface area contributed by atoms with Gasteiger partial charge in [-0.2, -0.15) is 5.26 Å². The second-order valence-corrected chi connectivity index (χ2v) is 6.29. The maximum absolute atomic E-state index is 9.09. The summed E-state index contributed by atoms with van der Waals surface area (Å²) in [5.41, 5.74) is 0.863. The van der Waals surface area contributed by atoms with Crippen LogP contribution in [0.5, 0.6) is 0 Å². The molecule has 2 saturated heterocycles. The predicted octanol–water partition coefficient (Wildman–Crippen LogP) is 2.58. The van der Waals surface area contributed by atoms with Crippen molar-refractivity contribution in [2.75, 3.05) is 31.1 Å². The summed E-state index contributed by atoms with van der Waals surface area (Å²) in [5, 5.41) is 13.1. The molecule has 0 saturated carbocycles. The third kappa shape index (κ3) is 2.48. The molecular weight excluding hydrogens is 272 g/mol. The van der Waals surface area contributed by atoms with E-state index in [9.17, 15) is 0 Å². The summed E-state index contributed by atoms with van der Waals surface area (Å²) in [7, 11) is 0. The molecule has 2 fully saturated rings. The zero-order valence-corrected chi connectivity index (χ0v) is 12.3. The van der Waals surface area contributed by atoms with Crippen molar-refractivity contribution in [2.45, 2.75) is 25.7 Å². The Kier molecular flexibility index (Phi) is 3.82. The number of hydrogen-bond donors (Lipinski definition) is 1. The van der Waals surface area contributed by atoms with Crippen molar-refractivity contribution >= 4 is 17.4 Å². The Bertz CT molecular complexity index is 526. The van der Waals surface area contributed by atoms with E-state index < -0.39 is 0 Å². The van der Waals surface area contributed by atoms with Crippen molar-refractivity contribution in [3.63, 3.8) is 0 Å². The largest absolute Gasteiger partial charge is 0.355 e. The molecule has 1 spiro atoms. The van der Waals surface area contributed by atoms with Crippen LogP contribution < -0.4 is 10.2 Å². The molecule has 1 atom stereocenters. The first kappa shape index (κ1) is 13.7. The van der Waals surface area contributed by atoms with Crippen LogP contribution in [0.3, 0.4) is 0 Å².